The highest BCUT2D eigenvalue weighted by molar-refractivity contribution is 7.80. The first-order valence-electron chi connectivity index (χ1n) is 11.4. The van der Waals surface area contributed by atoms with E-state index in [1.54, 1.807) is 43.4 Å². The molecule has 1 saturated heterocycles. The van der Waals surface area contributed by atoms with Gasteiger partial charge < -0.3 is 19.7 Å². The van der Waals surface area contributed by atoms with Gasteiger partial charge in [-0.25, -0.2) is 4.39 Å². The van der Waals surface area contributed by atoms with Crippen molar-refractivity contribution in [3.63, 3.8) is 0 Å². The van der Waals surface area contributed by atoms with Crippen molar-refractivity contribution in [3.8, 4) is 11.5 Å². The lowest BCUT2D eigenvalue weighted by Gasteiger charge is -2.24. The molecule has 1 atom stereocenters. The molecular weight excluding hydrogens is 481 g/mol. The molecule has 3 aromatic rings. The number of carbonyl (C=O) groups is 2. The van der Waals surface area contributed by atoms with Crippen LogP contribution in [0.2, 0.25) is 0 Å². The molecular formula is C27H26FN3O4S. The summed E-state index contributed by atoms with van der Waals surface area (Å²) in [5, 5.41) is 3.06. The van der Waals surface area contributed by atoms with Crippen LogP contribution in [0.25, 0.3) is 0 Å². The van der Waals surface area contributed by atoms with Crippen molar-refractivity contribution in [2.24, 2.45) is 0 Å². The van der Waals surface area contributed by atoms with E-state index < -0.39 is 11.9 Å². The molecule has 36 heavy (non-hydrogen) atoms. The van der Waals surface area contributed by atoms with E-state index in [2.05, 4.69) is 5.32 Å². The molecule has 1 aliphatic heterocycles. The number of benzene rings is 3. The van der Waals surface area contributed by atoms with E-state index >= 15 is 0 Å². The Kier molecular flexibility index (Phi) is 7.80. The molecule has 7 nitrogen and oxygen atoms in total. The van der Waals surface area contributed by atoms with E-state index in [-0.39, 0.29) is 18.2 Å². The van der Waals surface area contributed by atoms with Crippen molar-refractivity contribution in [2.75, 3.05) is 31.0 Å². The fraction of sp³-hybridized carbons (Fsp3) is 0.222. The van der Waals surface area contributed by atoms with Gasteiger partial charge in [-0.1, -0.05) is 12.1 Å². The molecule has 2 amide bonds. The van der Waals surface area contributed by atoms with Gasteiger partial charge in [-0.15, -0.1) is 0 Å². The zero-order valence-corrected chi connectivity index (χ0v) is 20.8. The number of anilines is 2. The third-order valence-corrected chi connectivity index (χ3v) is 6.37. The summed E-state index contributed by atoms with van der Waals surface area (Å²) >= 11 is 5.72. The fourth-order valence-electron chi connectivity index (χ4n) is 4.02. The van der Waals surface area contributed by atoms with Crippen molar-refractivity contribution < 1.29 is 23.5 Å². The molecule has 0 spiro atoms. The van der Waals surface area contributed by atoms with Gasteiger partial charge in [0.2, 0.25) is 5.91 Å². The smallest absolute Gasteiger partial charge is 0.256 e. The molecule has 9 heteroatoms. The Morgan fingerprint density at radius 3 is 2.11 bits per heavy atom. The monoisotopic (exact) mass is 507 g/mol. The Morgan fingerprint density at radius 1 is 0.944 bits per heavy atom. The molecule has 1 fully saturated rings. The van der Waals surface area contributed by atoms with Crippen LogP contribution in [0.5, 0.6) is 11.5 Å². The van der Waals surface area contributed by atoms with Crippen LogP contribution in [0.1, 0.15) is 12.0 Å². The third kappa shape index (κ3) is 5.63. The van der Waals surface area contributed by atoms with Gasteiger partial charge in [-0.05, 0) is 84.9 Å². The number of hydrogen-bond acceptors (Lipinski definition) is 5. The van der Waals surface area contributed by atoms with Gasteiger partial charge >= 0.3 is 0 Å². The van der Waals surface area contributed by atoms with Crippen molar-refractivity contribution in [3.05, 3.63) is 84.2 Å². The van der Waals surface area contributed by atoms with Gasteiger partial charge in [0.1, 0.15) is 23.4 Å². The second-order valence-corrected chi connectivity index (χ2v) is 8.59. The lowest BCUT2D eigenvalue weighted by Crippen LogP contribution is -2.39. The first-order valence-corrected chi connectivity index (χ1v) is 11.8. The van der Waals surface area contributed by atoms with E-state index in [4.69, 9.17) is 21.7 Å². The molecule has 0 aliphatic carbocycles. The molecule has 0 radical (unpaired) electrons. The van der Waals surface area contributed by atoms with Crippen molar-refractivity contribution >= 4 is 40.5 Å². The summed E-state index contributed by atoms with van der Waals surface area (Å²) in [6, 6.07) is 19.4. The maximum Gasteiger partial charge on any atom is 0.256 e. The number of amides is 2. The Morgan fingerprint density at radius 2 is 1.53 bits per heavy atom. The summed E-state index contributed by atoms with van der Waals surface area (Å²) in [6.45, 7) is 0.443. The van der Waals surface area contributed by atoms with Crippen LogP contribution in [-0.2, 0) is 16.0 Å². The predicted molar refractivity (Wildman–Crippen MR) is 140 cm³/mol. The second-order valence-electron chi connectivity index (χ2n) is 8.22. The summed E-state index contributed by atoms with van der Waals surface area (Å²) in [5.74, 6) is 0.363. The zero-order chi connectivity index (χ0) is 25.7. The minimum atomic E-state index is -0.779. The number of hydrogen-bond donors (Lipinski definition) is 1. The Labute approximate surface area is 214 Å². The number of methoxy groups -OCH3 is 2. The molecule has 0 bridgehead atoms. The number of ether oxygens (including phenoxy) is 2. The van der Waals surface area contributed by atoms with Gasteiger partial charge in [0.15, 0.2) is 5.11 Å². The number of halogens is 1. The van der Waals surface area contributed by atoms with Crippen LogP contribution in [0, 0.1) is 5.82 Å². The number of nitrogens with one attached hydrogen (secondary N) is 1. The third-order valence-electron chi connectivity index (χ3n) is 5.96. The van der Waals surface area contributed by atoms with E-state index in [0.717, 1.165) is 11.3 Å². The second kappa shape index (κ2) is 11.2. The van der Waals surface area contributed by atoms with E-state index in [9.17, 15) is 14.0 Å². The number of thiocarbonyl (C=S) groups is 1. The summed E-state index contributed by atoms with van der Waals surface area (Å²) < 4.78 is 23.7. The molecule has 1 unspecified atom stereocenters. The standard InChI is InChI=1S/C27H26FN3O4S/c1-34-22-11-3-18(4-12-22)15-16-30-24(17-25(32)29-20-7-5-19(28)6-8-20)26(33)31(27(30)36)21-9-13-23(35-2)14-10-21/h3-14,24H,15-17H2,1-2H3,(H,29,32). The molecule has 0 aromatic heterocycles. The van der Waals surface area contributed by atoms with E-state index in [1.807, 2.05) is 24.3 Å². The lowest BCUT2D eigenvalue weighted by atomic mass is 10.1. The van der Waals surface area contributed by atoms with Gasteiger partial charge in [0.05, 0.1) is 26.3 Å². The highest BCUT2D eigenvalue weighted by Crippen LogP contribution is 2.29. The lowest BCUT2D eigenvalue weighted by molar-refractivity contribution is -0.124. The van der Waals surface area contributed by atoms with E-state index in [0.29, 0.717) is 35.2 Å². The van der Waals surface area contributed by atoms with Crippen molar-refractivity contribution in [2.45, 2.75) is 18.9 Å². The Balaban J connectivity index is 1.54. The highest BCUT2D eigenvalue weighted by Gasteiger charge is 2.43. The predicted octanol–water partition coefficient (Wildman–Crippen LogP) is 4.42. The average molecular weight is 508 g/mol. The average Bonchev–Trinajstić information content (AvgIpc) is 3.12. The Hall–Kier alpha value is -3.98. The highest BCUT2D eigenvalue weighted by atomic mass is 32.1. The molecule has 0 saturated carbocycles. The van der Waals surface area contributed by atoms with Crippen molar-refractivity contribution in [1.29, 1.82) is 0 Å². The molecule has 3 aromatic carbocycles. The topological polar surface area (TPSA) is 71.1 Å². The number of nitrogens with zero attached hydrogens (tertiary/aromatic N) is 2. The van der Waals surface area contributed by atoms with Crippen LogP contribution in [-0.4, -0.2) is 48.6 Å². The minimum Gasteiger partial charge on any atom is -0.497 e. The van der Waals surface area contributed by atoms with Crippen LogP contribution in [0.3, 0.4) is 0 Å². The fourth-order valence-corrected chi connectivity index (χ4v) is 4.43. The van der Waals surface area contributed by atoms with Gasteiger partial charge in [-0.2, -0.15) is 0 Å². The summed E-state index contributed by atoms with van der Waals surface area (Å²) in [5.41, 5.74) is 2.09. The summed E-state index contributed by atoms with van der Waals surface area (Å²) in [4.78, 5) is 29.6. The van der Waals surface area contributed by atoms with Crippen LogP contribution >= 0.6 is 12.2 Å². The maximum absolute atomic E-state index is 13.5. The quantitative estimate of drug-likeness (QED) is 0.433. The zero-order valence-electron chi connectivity index (χ0n) is 19.9. The molecule has 1 N–H and O–H groups in total. The normalized spacial score (nSPS) is 15.2. The first kappa shape index (κ1) is 25.1. The first-order chi connectivity index (χ1) is 17.4. The largest absolute Gasteiger partial charge is 0.497 e. The number of carbonyl (C=O) groups excluding carboxylic acids is 2. The van der Waals surface area contributed by atoms with Gasteiger partial charge in [-0.3, -0.25) is 14.5 Å². The molecule has 4 rings (SSSR count). The SMILES string of the molecule is COc1ccc(CCN2C(=S)N(c3ccc(OC)cc3)C(=O)C2CC(=O)Nc2ccc(F)cc2)cc1. The van der Waals surface area contributed by atoms with Crippen molar-refractivity contribution in [1.82, 2.24) is 4.90 Å². The molecule has 186 valence electrons. The number of rotatable bonds is 9. The van der Waals surface area contributed by atoms with Crippen LogP contribution < -0.4 is 19.7 Å². The Bertz CT molecular complexity index is 1230. The summed E-state index contributed by atoms with van der Waals surface area (Å²) in [6.07, 6.45) is 0.509. The molecule has 1 aliphatic rings. The van der Waals surface area contributed by atoms with Crippen LogP contribution in [0.4, 0.5) is 15.8 Å². The van der Waals surface area contributed by atoms with Gasteiger partial charge in [0.25, 0.3) is 5.91 Å². The maximum atomic E-state index is 13.5. The van der Waals surface area contributed by atoms with E-state index in [1.165, 1.54) is 29.2 Å². The molecule has 1 heterocycles. The minimum absolute atomic E-state index is 0.106. The van der Waals surface area contributed by atoms with Gasteiger partial charge in [0, 0.05) is 12.2 Å². The summed E-state index contributed by atoms with van der Waals surface area (Å²) in [7, 11) is 3.18. The van der Waals surface area contributed by atoms with Crippen LogP contribution in [0.15, 0.2) is 72.8 Å².